The Morgan fingerprint density at radius 3 is 2.56 bits per heavy atom. The third-order valence-corrected chi connectivity index (χ3v) is 2.24. The Hall–Kier alpha value is -1.76. The van der Waals surface area contributed by atoms with Crippen molar-refractivity contribution in [1.82, 2.24) is 0 Å². The summed E-state index contributed by atoms with van der Waals surface area (Å²) < 4.78 is 10.2. The van der Waals surface area contributed by atoms with Crippen molar-refractivity contribution < 1.29 is 14.3 Å². The summed E-state index contributed by atoms with van der Waals surface area (Å²) >= 11 is 0. The SMILES string of the molecule is CCOC(=O)C(C#N)C1C=C(C)OC(C)=C1. The van der Waals surface area contributed by atoms with E-state index < -0.39 is 11.9 Å². The standard InChI is InChI=1S/C12H15NO3/c1-4-15-12(14)11(7-13)10-5-8(2)16-9(3)6-10/h5-6,10-11H,4H2,1-3H3. The Morgan fingerprint density at radius 2 is 2.12 bits per heavy atom. The maximum atomic E-state index is 11.5. The van der Waals surface area contributed by atoms with Gasteiger partial charge in [0.15, 0.2) is 5.92 Å². The van der Waals surface area contributed by atoms with Crippen LogP contribution in [-0.4, -0.2) is 12.6 Å². The van der Waals surface area contributed by atoms with E-state index >= 15 is 0 Å². The van der Waals surface area contributed by atoms with E-state index in [2.05, 4.69) is 0 Å². The summed E-state index contributed by atoms with van der Waals surface area (Å²) in [7, 11) is 0. The highest BCUT2D eigenvalue weighted by Gasteiger charge is 2.29. The predicted molar refractivity (Wildman–Crippen MR) is 57.8 cm³/mol. The fourth-order valence-corrected chi connectivity index (χ4v) is 1.63. The van der Waals surface area contributed by atoms with Gasteiger partial charge in [0.2, 0.25) is 0 Å². The van der Waals surface area contributed by atoms with Gasteiger partial charge < -0.3 is 9.47 Å². The lowest BCUT2D eigenvalue weighted by Gasteiger charge is -2.20. The molecule has 0 amide bonds. The quantitative estimate of drug-likeness (QED) is 0.685. The maximum Gasteiger partial charge on any atom is 0.324 e. The molecule has 1 aliphatic rings. The van der Waals surface area contributed by atoms with E-state index in [1.54, 1.807) is 32.9 Å². The van der Waals surface area contributed by atoms with Crippen LogP contribution in [0.25, 0.3) is 0 Å². The zero-order chi connectivity index (χ0) is 12.1. The fraction of sp³-hybridized carbons (Fsp3) is 0.500. The van der Waals surface area contributed by atoms with Gasteiger partial charge in [0.1, 0.15) is 0 Å². The smallest absolute Gasteiger partial charge is 0.324 e. The van der Waals surface area contributed by atoms with Crippen LogP contribution in [-0.2, 0) is 14.3 Å². The van der Waals surface area contributed by atoms with Gasteiger partial charge in [0, 0.05) is 5.92 Å². The van der Waals surface area contributed by atoms with Crippen molar-refractivity contribution in [3.05, 3.63) is 23.7 Å². The molecule has 1 atom stereocenters. The molecule has 0 N–H and O–H groups in total. The first-order valence-electron chi connectivity index (χ1n) is 5.19. The fourth-order valence-electron chi connectivity index (χ4n) is 1.63. The van der Waals surface area contributed by atoms with Gasteiger partial charge in [-0.2, -0.15) is 5.26 Å². The summed E-state index contributed by atoms with van der Waals surface area (Å²) in [6.45, 7) is 5.59. The molecule has 86 valence electrons. The number of hydrogen-bond donors (Lipinski definition) is 0. The number of hydrogen-bond acceptors (Lipinski definition) is 4. The van der Waals surface area contributed by atoms with Crippen LogP contribution in [0.2, 0.25) is 0 Å². The number of ether oxygens (including phenoxy) is 2. The Bertz CT molecular complexity index is 358. The predicted octanol–water partition coefficient (Wildman–Crippen LogP) is 2.14. The van der Waals surface area contributed by atoms with Crippen molar-refractivity contribution in [2.45, 2.75) is 20.8 Å². The van der Waals surface area contributed by atoms with E-state index in [0.717, 1.165) is 0 Å². The molecule has 4 heteroatoms. The van der Waals surface area contributed by atoms with Crippen molar-refractivity contribution in [3.8, 4) is 6.07 Å². The summed E-state index contributed by atoms with van der Waals surface area (Å²) in [4.78, 5) is 11.5. The van der Waals surface area contributed by atoms with Crippen molar-refractivity contribution in [2.75, 3.05) is 6.61 Å². The zero-order valence-electron chi connectivity index (χ0n) is 9.69. The third kappa shape index (κ3) is 2.86. The molecule has 0 saturated heterocycles. The van der Waals surface area contributed by atoms with Crippen molar-refractivity contribution in [1.29, 1.82) is 5.26 Å². The molecule has 0 aromatic rings. The monoisotopic (exact) mass is 221 g/mol. The van der Waals surface area contributed by atoms with E-state index in [-0.39, 0.29) is 12.5 Å². The largest absolute Gasteiger partial charge is 0.467 e. The van der Waals surface area contributed by atoms with Crippen LogP contribution in [0.1, 0.15) is 20.8 Å². The molecule has 4 nitrogen and oxygen atoms in total. The first kappa shape index (κ1) is 12.3. The Morgan fingerprint density at radius 1 is 1.56 bits per heavy atom. The minimum Gasteiger partial charge on any atom is -0.467 e. The number of allylic oxidation sites excluding steroid dienone is 4. The van der Waals surface area contributed by atoms with Crippen LogP contribution in [0.4, 0.5) is 0 Å². The number of rotatable bonds is 3. The van der Waals surface area contributed by atoms with Crippen molar-refractivity contribution in [3.63, 3.8) is 0 Å². The maximum absolute atomic E-state index is 11.5. The Labute approximate surface area is 95.1 Å². The molecule has 0 aromatic heterocycles. The minimum atomic E-state index is -0.797. The van der Waals surface area contributed by atoms with E-state index in [1.165, 1.54) is 0 Å². The number of nitriles is 1. The lowest BCUT2D eigenvalue weighted by molar-refractivity contribution is -0.146. The lowest BCUT2D eigenvalue weighted by Crippen LogP contribution is -2.24. The van der Waals surface area contributed by atoms with Crippen LogP contribution < -0.4 is 0 Å². The molecule has 1 unspecified atom stereocenters. The zero-order valence-corrected chi connectivity index (χ0v) is 9.69. The number of esters is 1. The van der Waals surface area contributed by atoms with Crippen molar-refractivity contribution >= 4 is 5.97 Å². The van der Waals surface area contributed by atoms with Crippen LogP contribution >= 0.6 is 0 Å². The van der Waals surface area contributed by atoms with Gasteiger partial charge in [0.25, 0.3) is 0 Å². The van der Waals surface area contributed by atoms with Crippen LogP contribution in [0.3, 0.4) is 0 Å². The summed E-state index contributed by atoms with van der Waals surface area (Å²) in [5.41, 5.74) is 0. The van der Waals surface area contributed by atoms with E-state index in [0.29, 0.717) is 11.5 Å². The van der Waals surface area contributed by atoms with Gasteiger partial charge in [-0.1, -0.05) is 0 Å². The Kier molecular flexibility index (Phi) is 4.12. The molecular weight excluding hydrogens is 206 g/mol. The van der Waals surface area contributed by atoms with E-state index in [1.807, 2.05) is 6.07 Å². The first-order valence-corrected chi connectivity index (χ1v) is 5.19. The highest BCUT2D eigenvalue weighted by Crippen LogP contribution is 2.25. The van der Waals surface area contributed by atoms with Crippen LogP contribution in [0.5, 0.6) is 0 Å². The van der Waals surface area contributed by atoms with E-state index in [4.69, 9.17) is 14.7 Å². The second-order valence-electron chi connectivity index (χ2n) is 3.59. The molecule has 1 heterocycles. The molecule has 1 rings (SSSR count). The van der Waals surface area contributed by atoms with Gasteiger partial charge in [-0.3, -0.25) is 4.79 Å². The summed E-state index contributed by atoms with van der Waals surface area (Å²) in [6, 6.07) is 1.98. The second-order valence-corrected chi connectivity index (χ2v) is 3.59. The average Bonchev–Trinajstić information content (AvgIpc) is 2.17. The number of nitrogens with zero attached hydrogens (tertiary/aromatic N) is 1. The number of carbonyl (C=O) groups excluding carboxylic acids is 1. The van der Waals surface area contributed by atoms with Gasteiger partial charge in [0.05, 0.1) is 24.2 Å². The van der Waals surface area contributed by atoms with Crippen LogP contribution in [0, 0.1) is 23.2 Å². The van der Waals surface area contributed by atoms with Crippen molar-refractivity contribution in [2.24, 2.45) is 11.8 Å². The molecule has 0 aliphatic carbocycles. The Balaban J connectivity index is 2.85. The van der Waals surface area contributed by atoms with E-state index in [9.17, 15) is 4.79 Å². The molecule has 0 radical (unpaired) electrons. The minimum absolute atomic E-state index is 0.266. The topological polar surface area (TPSA) is 59.3 Å². The average molecular weight is 221 g/mol. The molecular formula is C12H15NO3. The second kappa shape index (κ2) is 5.36. The molecule has 0 spiro atoms. The highest BCUT2D eigenvalue weighted by atomic mass is 16.5. The van der Waals surface area contributed by atoms with Gasteiger partial charge >= 0.3 is 5.97 Å². The summed E-state index contributed by atoms with van der Waals surface area (Å²) in [5.74, 6) is -0.138. The highest BCUT2D eigenvalue weighted by molar-refractivity contribution is 5.76. The molecule has 0 saturated carbocycles. The first-order chi connectivity index (χ1) is 7.58. The van der Waals surface area contributed by atoms with Gasteiger partial charge in [-0.15, -0.1) is 0 Å². The molecule has 0 bridgehead atoms. The third-order valence-electron chi connectivity index (χ3n) is 2.24. The molecule has 1 aliphatic heterocycles. The summed E-state index contributed by atoms with van der Waals surface area (Å²) in [5, 5.41) is 9.00. The molecule has 0 fully saturated rings. The normalized spacial score (nSPS) is 17.6. The van der Waals surface area contributed by atoms with Gasteiger partial charge in [-0.25, -0.2) is 0 Å². The molecule has 16 heavy (non-hydrogen) atoms. The van der Waals surface area contributed by atoms with Crippen LogP contribution in [0.15, 0.2) is 23.7 Å². The van der Waals surface area contributed by atoms with Gasteiger partial charge in [-0.05, 0) is 32.9 Å². The number of carbonyl (C=O) groups is 1. The molecule has 0 aromatic carbocycles. The summed E-state index contributed by atoms with van der Waals surface area (Å²) in [6.07, 6.45) is 3.52. The lowest BCUT2D eigenvalue weighted by atomic mass is 9.91.